The molecule has 1 N–H and O–H groups in total. The van der Waals surface area contributed by atoms with Crippen LogP contribution in [0.5, 0.6) is 11.5 Å². The molecule has 0 spiro atoms. The lowest BCUT2D eigenvalue weighted by Gasteiger charge is -2.32. The minimum atomic E-state index is -0.406. The summed E-state index contributed by atoms with van der Waals surface area (Å²) in [5.41, 5.74) is 0.724. The molecule has 6 heteroatoms. The topological polar surface area (TPSA) is 50.8 Å². The Morgan fingerprint density at radius 3 is 2.55 bits per heavy atom. The monoisotopic (exact) mass is 398 g/mol. The van der Waals surface area contributed by atoms with Crippen molar-refractivity contribution in [2.75, 3.05) is 38.2 Å². The van der Waals surface area contributed by atoms with Crippen molar-refractivity contribution < 1.29 is 18.7 Å². The fraction of sp³-hybridized carbons (Fsp3) is 0.435. The second-order valence-corrected chi connectivity index (χ2v) is 7.85. The van der Waals surface area contributed by atoms with Gasteiger partial charge in [-0.3, -0.25) is 4.79 Å². The van der Waals surface area contributed by atoms with Crippen LogP contribution in [0.3, 0.4) is 0 Å². The summed E-state index contributed by atoms with van der Waals surface area (Å²) in [5, 5.41) is 2.99. The molecule has 4 rings (SSSR count). The van der Waals surface area contributed by atoms with Crippen molar-refractivity contribution in [3.8, 4) is 11.5 Å². The van der Waals surface area contributed by atoms with Crippen LogP contribution in [0, 0.1) is 17.7 Å². The number of amides is 1. The van der Waals surface area contributed by atoms with Gasteiger partial charge in [-0.1, -0.05) is 12.1 Å². The molecule has 1 unspecified atom stereocenters. The Balaban J connectivity index is 1.25. The van der Waals surface area contributed by atoms with Gasteiger partial charge in [-0.05, 0) is 74.7 Å². The van der Waals surface area contributed by atoms with Gasteiger partial charge in [0, 0.05) is 24.8 Å². The normalized spacial score (nSPS) is 20.5. The first kappa shape index (κ1) is 19.9. The van der Waals surface area contributed by atoms with Crippen LogP contribution in [0.15, 0.2) is 48.5 Å². The van der Waals surface area contributed by atoms with E-state index in [1.54, 1.807) is 42.5 Å². The number of para-hydroxylation sites is 1. The zero-order valence-electron chi connectivity index (χ0n) is 16.5. The minimum absolute atomic E-state index is 0.0421. The fourth-order valence-electron chi connectivity index (χ4n) is 3.98. The van der Waals surface area contributed by atoms with Crippen LogP contribution in [0.2, 0.25) is 0 Å². The number of anilines is 1. The summed E-state index contributed by atoms with van der Waals surface area (Å²) in [6, 6.07) is 13.3. The zero-order chi connectivity index (χ0) is 20.1. The number of carbonyl (C=O) groups excluding carboxylic acids is 1. The van der Waals surface area contributed by atoms with Gasteiger partial charge in [-0.2, -0.15) is 0 Å². The minimum Gasteiger partial charge on any atom is -0.454 e. The van der Waals surface area contributed by atoms with Gasteiger partial charge >= 0.3 is 0 Å². The first-order valence-electron chi connectivity index (χ1n) is 10.3. The first-order chi connectivity index (χ1) is 14.2. The lowest BCUT2D eigenvalue weighted by Crippen LogP contribution is -2.40. The molecule has 1 amide bonds. The Bertz CT molecular complexity index is 813. The van der Waals surface area contributed by atoms with Crippen LogP contribution in [0.25, 0.3) is 0 Å². The number of benzene rings is 2. The summed E-state index contributed by atoms with van der Waals surface area (Å²) in [7, 11) is 0. The number of ether oxygens (including phenoxy) is 2. The molecule has 0 aromatic heterocycles. The van der Waals surface area contributed by atoms with Gasteiger partial charge < -0.3 is 19.7 Å². The largest absolute Gasteiger partial charge is 0.454 e. The molecule has 2 aliphatic heterocycles. The summed E-state index contributed by atoms with van der Waals surface area (Å²) in [5.74, 6) is 1.05. The lowest BCUT2D eigenvalue weighted by molar-refractivity contribution is -0.121. The number of hydrogen-bond acceptors (Lipinski definition) is 4. The molecule has 0 radical (unpaired) electrons. The molecule has 0 saturated carbocycles. The Hall–Kier alpha value is -2.44. The molecule has 154 valence electrons. The summed E-state index contributed by atoms with van der Waals surface area (Å²) in [4.78, 5) is 15.1. The van der Waals surface area contributed by atoms with Crippen molar-refractivity contribution in [2.45, 2.75) is 19.3 Å². The van der Waals surface area contributed by atoms with Gasteiger partial charge in [-0.25, -0.2) is 4.39 Å². The number of hydrogen-bond donors (Lipinski definition) is 1. The maximum Gasteiger partial charge on any atom is 0.227 e. The summed E-state index contributed by atoms with van der Waals surface area (Å²) < 4.78 is 24.7. The van der Waals surface area contributed by atoms with E-state index in [-0.39, 0.29) is 17.6 Å². The van der Waals surface area contributed by atoms with Crippen LogP contribution in [-0.4, -0.2) is 43.7 Å². The van der Waals surface area contributed by atoms with Crippen LogP contribution >= 0.6 is 0 Å². The fourth-order valence-corrected chi connectivity index (χ4v) is 3.98. The maximum absolute atomic E-state index is 13.7. The molecule has 2 heterocycles. The van der Waals surface area contributed by atoms with E-state index in [1.165, 1.54) is 6.07 Å². The van der Waals surface area contributed by atoms with Crippen LogP contribution in [0.1, 0.15) is 19.3 Å². The van der Waals surface area contributed by atoms with E-state index in [2.05, 4.69) is 10.2 Å². The molecule has 0 bridgehead atoms. The summed E-state index contributed by atoms with van der Waals surface area (Å²) in [6.45, 7) is 4.76. The van der Waals surface area contributed by atoms with Crippen molar-refractivity contribution in [1.82, 2.24) is 4.90 Å². The van der Waals surface area contributed by atoms with E-state index in [0.29, 0.717) is 11.7 Å². The van der Waals surface area contributed by atoms with Gasteiger partial charge in [0.15, 0.2) is 11.6 Å². The highest BCUT2D eigenvalue weighted by Gasteiger charge is 2.27. The molecule has 0 aliphatic carbocycles. The quantitative estimate of drug-likeness (QED) is 0.788. The second-order valence-electron chi connectivity index (χ2n) is 7.85. The Kier molecular flexibility index (Phi) is 6.42. The number of nitrogens with zero attached hydrogens (tertiary/aromatic N) is 1. The maximum atomic E-state index is 13.7. The molecule has 2 saturated heterocycles. The molecule has 2 fully saturated rings. The third-order valence-electron chi connectivity index (χ3n) is 5.69. The molecular formula is C23H27FN2O3. The van der Waals surface area contributed by atoms with Crippen LogP contribution in [-0.2, 0) is 9.53 Å². The van der Waals surface area contributed by atoms with Gasteiger partial charge in [0.25, 0.3) is 0 Å². The molecular weight excluding hydrogens is 371 g/mol. The van der Waals surface area contributed by atoms with Gasteiger partial charge in [0.2, 0.25) is 5.91 Å². The van der Waals surface area contributed by atoms with E-state index >= 15 is 0 Å². The number of likely N-dealkylation sites (tertiary alicyclic amines) is 1. The number of rotatable bonds is 6. The van der Waals surface area contributed by atoms with E-state index in [0.717, 1.165) is 57.8 Å². The van der Waals surface area contributed by atoms with Crippen molar-refractivity contribution in [3.05, 3.63) is 54.3 Å². The average Bonchev–Trinajstić information content (AvgIpc) is 3.25. The number of carbonyl (C=O) groups is 1. The molecule has 2 aliphatic rings. The third-order valence-corrected chi connectivity index (χ3v) is 5.69. The molecule has 2 aromatic rings. The van der Waals surface area contributed by atoms with E-state index < -0.39 is 5.82 Å². The van der Waals surface area contributed by atoms with Gasteiger partial charge in [-0.15, -0.1) is 0 Å². The molecule has 5 nitrogen and oxygen atoms in total. The SMILES string of the molecule is O=C(Nc1ccc(Oc2ccccc2F)cc1)C1CCN(CC2CCOC2)CC1. The number of nitrogens with one attached hydrogen (secondary N) is 1. The predicted molar refractivity (Wildman–Crippen MR) is 110 cm³/mol. The van der Waals surface area contributed by atoms with Crippen LogP contribution in [0.4, 0.5) is 10.1 Å². The Morgan fingerprint density at radius 2 is 1.86 bits per heavy atom. The Labute approximate surface area is 170 Å². The highest BCUT2D eigenvalue weighted by atomic mass is 19.1. The molecule has 2 aromatic carbocycles. The van der Waals surface area contributed by atoms with Crippen molar-refractivity contribution in [3.63, 3.8) is 0 Å². The van der Waals surface area contributed by atoms with Gasteiger partial charge in [0.05, 0.1) is 6.61 Å². The number of piperidine rings is 1. The smallest absolute Gasteiger partial charge is 0.227 e. The summed E-state index contributed by atoms with van der Waals surface area (Å²) in [6.07, 6.45) is 2.92. The Morgan fingerprint density at radius 1 is 1.10 bits per heavy atom. The summed E-state index contributed by atoms with van der Waals surface area (Å²) >= 11 is 0. The molecule has 29 heavy (non-hydrogen) atoms. The first-order valence-corrected chi connectivity index (χ1v) is 10.3. The highest BCUT2D eigenvalue weighted by Crippen LogP contribution is 2.26. The average molecular weight is 398 g/mol. The van der Waals surface area contributed by atoms with Crippen molar-refractivity contribution in [2.24, 2.45) is 11.8 Å². The predicted octanol–water partition coefficient (Wildman–Crippen LogP) is 4.31. The molecule has 1 atom stereocenters. The van der Waals surface area contributed by atoms with Crippen molar-refractivity contribution in [1.29, 1.82) is 0 Å². The third kappa shape index (κ3) is 5.34. The van der Waals surface area contributed by atoms with Crippen molar-refractivity contribution >= 4 is 11.6 Å². The van der Waals surface area contributed by atoms with Gasteiger partial charge in [0.1, 0.15) is 5.75 Å². The van der Waals surface area contributed by atoms with E-state index in [9.17, 15) is 9.18 Å². The van der Waals surface area contributed by atoms with E-state index in [1.807, 2.05) is 0 Å². The number of halogens is 1. The zero-order valence-corrected chi connectivity index (χ0v) is 16.5. The van der Waals surface area contributed by atoms with Crippen LogP contribution < -0.4 is 10.1 Å². The second kappa shape index (κ2) is 9.37. The van der Waals surface area contributed by atoms with E-state index in [4.69, 9.17) is 9.47 Å². The standard InChI is InChI=1S/C23H27FN2O3/c24-21-3-1-2-4-22(21)29-20-7-5-19(6-8-20)25-23(27)18-9-12-26(13-10-18)15-17-11-14-28-16-17/h1-8,17-18H,9-16H2,(H,25,27). The highest BCUT2D eigenvalue weighted by molar-refractivity contribution is 5.92. The lowest BCUT2D eigenvalue weighted by atomic mass is 9.95.